The van der Waals surface area contributed by atoms with Gasteiger partial charge in [-0.15, -0.1) is 11.8 Å². The van der Waals surface area contributed by atoms with Gasteiger partial charge in [-0.3, -0.25) is 9.59 Å². The molecule has 1 rings (SSSR count). The molecule has 0 saturated carbocycles. The fourth-order valence-electron chi connectivity index (χ4n) is 2.53. The van der Waals surface area contributed by atoms with Gasteiger partial charge in [-0.25, -0.2) is 0 Å². The van der Waals surface area contributed by atoms with Gasteiger partial charge in [0.25, 0.3) is 0 Å². The molecule has 0 bridgehead atoms. The van der Waals surface area contributed by atoms with Gasteiger partial charge in [0, 0.05) is 30.8 Å². The number of ether oxygens (including phenoxy) is 1. The highest BCUT2D eigenvalue weighted by Crippen LogP contribution is 2.26. The largest absolute Gasteiger partial charge is 0.469 e. The summed E-state index contributed by atoms with van der Waals surface area (Å²) in [5.41, 5.74) is 0.752. The van der Waals surface area contributed by atoms with Crippen LogP contribution in [0.1, 0.15) is 51.9 Å². The minimum Gasteiger partial charge on any atom is -0.469 e. The number of carbonyl (C=O) groups excluding carboxylic acids is 2. The van der Waals surface area contributed by atoms with Crippen molar-refractivity contribution < 1.29 is 19.4 Å². The highest BCUT2D eigenvalue weighted by molar-refractivity contribution is 6.07. The van der Waals surface area contributed by atoms with Gasteiger partial charge < -0.3 is 9.84 Å². The van der Waals surface area contributed by atoms with Crippen molar-refractivity contribution in [3.05, 3.63) is 36.0 Å². The minimum absolute atomic E-state index is 0.0240. The number of unbranched alkanes of at least 4 members (excludes halogenated alkanes) is 1. The summed E-state index contributed by atoms with van der Waals surface area (Å²) in [6.07, 6.45) is 13.3. The van der Waals surface area contributed by atoms with Crippen LogP contribution in [0, 0.1) is 17.8 Å². The molecule has 0 saturated heterocycles. The molecule has 4 heteroatoms. The lowest BCUT2D eigenvalue weighted by molar-refractivity contribution is -0.140. The number of ketones is 1. The molecule has 0 aliphatic heterocycles. The van der Waals surface area contributed by atoms with Gasteiger partial charge in [0.2, 0.25) is 0 Å². The van der Waals surface area contributed by atoms with E-state index in [1.165, 1.54) is 7.11 Å². The first kappa shape index (κ1) is 20.9. The van der Waals surface area contributed by atoms with E-state index >= 15 is 0 Å². The first-order chi connectivity index (χ1) is 12.1. The Morgan fingerprint density at radius 3 is 2.92 bits per heavy atom. The molecule has 0 aromatic rings. The van der Waals surface area contributed by atoms with E-state index in [4.69, 9.17) is 0 Å². The first-order valence-corrected chi connectivity index (χ1v) is 8.86. The number of carbonyl (C=O) groups is 2. The molecular weight excluding hydrogens is 316 g/mol. The van der Waals surface area contributed by atoms with Crippen molar-refractivity contribution in [2.45, 2.75) is 58.0 Å². The minimum atomic E-state index is -0.533. The number of aliphatic hydroxyl groups is 1. The molecule has 136 valence electrons. The van der Waals surface area contributed by atoms with Gasteiger partial charge in [0.15, 0.2) is 5.78 Å². The Bertz CT molecular complexity index is 587. The van der Waals surface area contributed by atoms with E-state index in [1.54, 1.807) is 6.08 Å². The van der Waals surface area contributed by atoms with Crippen LogP contribution < -0.4 is 0 Å². The Labute approximate surface area is 150 Å². The fraction of sp³-hybridized carbons (Fsp3) is 0.524. The zero-order chi connectivity index (χ0) is 18.5. The first-order valence-electron chi connectivity index (χ1n) is 8.86. The van der Waals surface area contributed by atoms with Gasteiger partial charge in [0.1, 0.15) is 0 Å². The summed E-state index contributed by atoms with van der Waals surface area (Å²) in [5, 5.41) is 9.92. The molecular formula is C21H28O4. The lowest BCUT2D eigenvalue weighted by Gasteiger charge is -2.09. The highest BCUT2D eigenvalue weighted by atomic mass is 16.5. The molecule has 0 spiro atoms. The summed E-state index contributed by atoms with van der Waals surface area (Å²) in [5.74, 6) is 5.76. The van der Waals surface area contributed by atoms with Crippen LogP contribution >= 0.6 is 0 Å². The number of methoxy groups -OCH3 is 1. The Balaban J connectivity index is 2.42. The molecule has 0 heterocycles. The van der Waals surface area contributed by atoms with Crippen LogP contribution in [-0.2, 0) is 14.3 Å². The van der Waals surface area contributed by atoms with E-state index < -0.39 is 6.10 Å². The third-order valence-electron chi connectivity index (χ3n) is 3.95. The maximum Gasteiger partial charge on any atom is 0.305 e. The van der Waals surface area contributed by atoms with Crippen molar-refractivity contribution in [2.75, 3.05) is 7.11 Å². The van der Waals surface area contributed by atoms with Crippen molar-refractivity contribution in [2.24, 2.45) is 5.92 Å². The Morgan fingerprint density at radius 1 is 1.40 bits per heavy atom. The van der Waals surface area contributed by atoms with Crippen LogP contribution in [0.15, 0.2) is 36.0 Å². The number of hydrogen-bond acceptors (Lipinski definition) is 4. The summed E-state index contributed by atoms with van der Waals surface area (Å²) in [6, 6.07) is 0. The van der Waals surface area contributed by atoms with Gasteiger partial charge in [-0.05, 0) is 31.8 Å². The molecule has 2 atom stereocenters. The fourth-order valence-corrected chi connectivity index (χ4v) is 2.53. The Morgan fingerprint density at radius 2 is 2.20 bits per heavy atom. The standard InChI is InChI=1S/C21H28O4/c1-3-4-7-11-18(22)14-15-19-17(13-16-20(19)23)10-8-5-6-9-12-21(24)25-2/h5,8,13,15-18,22H,3,6,9-12,14H2,1-2H3. The summed E-state index contributed by atoms with van der Waals surface area (Å²) in [4.78, 5) is 23.0. The normalized spacial score (nSPS) is 19.2. The van der Waals surface area contributed by atoms with Crippen molar-refractivity contribution in [1.82, 2.24) is 0 Å². The smallest absolute Gasteiger partial charge is 0.305 e. The van der Waals surface area contributed by atoms with Crippen LogP contribution in [0.4, 0.5) is 0 Å². The molecule has 0 amide bonds. The van der Waals surface area contributed by atoms with E-state index in [2.05, 4.69) is 16.6 Å². The number of esters is 1. The van der Waals surface area contributed by atoms with Crippen molar-refractivity contribution >= 4 is 11.8 Å². The van der Waals surface area contributed by atoms with Crippen molar-refractivity contribution in [1.29, 1.82) is 0 Å². The van der Waals surface area contributed by atoms with Gasteiger partial charge in [-0.1, -0.05) is 31.2 Å². The van der Waals surface area contributed by atoms with Gasteiger partial charge >= 0.3 is 5.97 Å². The van der Waals surface area contributed by atoms with Crippen molar-refractivity contribution in [3.63, 3.8) is 0 Å². The summed E-state index contributed by atoms with van der Waals surface area (Å²) >= 11 is 0. The quantitative estimate of drug-likeness (QED) is 0.229. The average Bonchev–Trinajstić information content (AvgIpc) is 2.96. The SMILES string of the molecule is CCC#CCC(O)CC=C1C(=O)C=CC1CC=CCCCC(=O)OC. The van der Waals surface area contributed by atoms with Gasteiger partial charge in [0.05, 0.1) is 13.2 Å². The zero-order valence-corrected chi connectivity index (χ0v) is 15.2. The zero-order valence-electron chi connectivity index (χ0n) is 15.2. The second-order valence-electron chi connectivity index (χ2n) is 5.97. The maximum absolute atomic E-state index is 12.0. The molecule has 2 unspecified atom stereocenters. The lowest BCUT2D eigenvalue weighted by Crippen LogP contribution is -2.07. The molecule has 0 aromatic carbocycles. The van der Waals surface area contributed by atoms with Crippen molar-refractivity contribution in [3.8, 4) is 11.8 Å². The number of rotatable bonds is 9. The Hall–Kier alpha value is -2.12. The average molecular weight is 344 g/mol. The number of hydrogen-bond donors (Lipinski definition) is 1. The topological polar surface area (TPSA) is 63.6 Å². The van der Waals surface area contributed by atoms with E-state index in [0.717, 1.165) is 31.3 Å². The molecule has 1 N–H and O–H groups in total. The van der Waals surface area contributed by atoms with Gasteiger partial charge in [-0.2, -0.15) is 0 Å². The molecule has 25 heavy (non-hydrogen) atoms. The lowest BCUT2D eigenvalue weighted by atomic mass is 9.96. The van der Waals surface area contributed by atoms with Crippen LogP contribution in [0.5, 0.6) is 0 Å². The molecule has 4 nitrogen and oxygen atoms in total. The van der Waals surface area contributed by atoms with Crippen LogP contribution in [0.2, 0.25) is 0 Å². The summed E-state index contributed by atoms with van der Waals surface area (Å²) < 4.78 is 4.59. The van der Waals surface area contributed by atoms with E-state index in [9.17, 15) is 14.7 Å². The molecule has 0 fully saturated rings. The third-order valence-corrected chi connectivity index (χ3v) is 3.95. The van der Waals surface area contributed by atoms with E-state index in [1.807, 2.05) is 31.2 Å². The molecule has 1 aliphatic carbocycles. The number of allylic oxidation sites excluding steroid dienone is 5. The number of aliphatic hydroxyl groups excluding tert-OH is 1. The summed E-state index contributed by atoms with van der Waals surface area (Å²) in [6.45, 7) is 1.97. The maximum atomic E-state index is 12.0. The highest BCUT2D eigenvalue weighted by Gasteiger charge is 2.21. The second-order valence-corrected chi connectivity index (χ2v) is 5.97. The predicted octanol–water partition coefficient (Wildman–Crippen LogP) is 3.51. The summed E-state index contributed by atoms with van der Waals surface area (Å²) in [7, 11) is 1.39. The van der Waals surface area contributed by atoms with Crippen LogP contribution in [-0.4, -0.2) is 30.1 Å². The van der Waals surface area contributed by atoms with E-state index in [-0.39, 0.29) is 17.7 Å². The third kappa shape index (κ3) is 8.51. The molecule has 0 radical (unpaired) electrons. The molecule has 1 aliphatic rings. The van der Waals surface area contributed by atoms with Crippen LogP contribution in [0.25, 0.3) is 0 Å². The van der Waals surface area contributed by atoms with Crippen LogP contribution in [0.3, 0.4) is 0 Å². The predicted molar refractivity (Wildman–Crippen MR) is 98.7 cm³/mol. The monoisotopic (exact) mass is 344 g/mol. The molecule has 0 aromatic heterocycles. The second kappa shape index (κ2) is 12.3. The van der Waals surface area contributed by atoms with E-state index in [0.29, 0.717) is 19.3 Å². The Kier molecular flexibility index (Phi) is 10.3.